The number of nitrogens with one attached hydrogen (secondary N) is 1. The van der Waals surface area contributed by atoms with Crippen LogP contribution in [0, 0.1) is 0 Å². The van der Waals surface area contributed by atoms with Crippen molar-refractivity contribution in [3.05, 3.63) is 18.5 Å². The number of amides is 2. The van der Waals surface area contributed by atoms with Gasteiger partial charge in [-0.25, -0.2) is 4.79 Å². The molecule has 0 unspecified atom stereocenters. The van der Waals surface area contributed by atoms with Crippen LogP contribution in [0.25, 0.3) is 0 Å². The van der Waals surface area contributed by atoms with Gasteiger partial charge in [-0.15, -0.1) is 0 Å². The summed E-state index contributed by atoms with van der Waals surface area (Å²) in [6.07, 6.45) is 12.0. The van der Waals surface area contributed by atoms with Crippen molar-refractivity contribution in [1.82, 2.24) is 20.0 Å². The minimum Gasteiger partial charge on any atom is -0.335 e. The summed E-state index contributed by atoms with van der Waals surface area (Å²) in [5.74, 6) is 0. The Balaban J connectivity index is 1.46. The molecule has 0 atom stereocenters. The maximum Gasteiger partial charge on any atom is 0.317 e. The molecule has 2 aliphatic rings. The maximum absolute atomic E-state index is 12.3. The molecule has 5 nitrogen and oxygen atoms in total. The van der Waals surface area contributed by atoms with Crippen LogP contribution in [0.1, 0.15) is 51.0 Å². The SMILES string of the molecule is O=C(NC1CCCCC1)N1CCC(n2cccn2)CC1. The highest BCUT2D eigenvalue weighted by molar-refractivity contribution is 5.74. The van der Waals surface area contributed by atoms with Crippen LogP contribution in [0.3, 0.4) is 0 Å². The quantitative estimate of drug-likeness (QED) is 0.902. The molecule has 1 aliphatic carbocycles. The van der Waals surface area contributed by atoms with Gasteiger partial charge in [0.05, 0.1) is 6.04 Å². The molecule has 3 rings (SSSR count). The summed E-state index contributed by atoms with van der Waals surface area (Å²) in [5, 5.41) is 7.50. The fraction of sp³-hybridized carbons (Fsp3) is 0.733. The lowest BCUT2D eigenvalue weighted by molar-refractivity contribution is 0.163. The van der Waals surface area contributed by atoms with Gasteiger partial charge in [0.15, 0.2) is 0 Å². The van der Waals surface area contributed by atoms with Crippen LogP contribution in [-0.2, 0) is 0 Å². The van der Waals surface area contributed by atoms with E-state index in [-0.39, 0.29) is 6.03 Å². The predicted octanol–water partition coefficient (Wildman–Crippen LogP) is 2.56. The minimum absolute atomic E-state index is 0.135. The van der Waals surface area contributed by atoms with Gasteiger partial charge in [-0.2, -0.15) is 5.10 Å². The minimum atomic E-state index is 0.135. The van der Waals surface area contributed by atoms with E-state index in [1.54, 1.807) is 0 Å². The van der Waals surface area contributed by atoms with Crippen molar-refractivity contribution in [3.63, 3.8) is 0 Å². The molecule has 0 radical (unpaired) electrons. The molecule has 1 N–H and O–H groups in total. The predicted molar refractivity (Wildman–Crippen MR) is 77.5 cm³/mol. The molecule has 1 aromatic rings. The Kier molecular flexibility index (Phi) is 4.23. The van der Waals surface area contributed by atoms with Crippen LogP contribution >= 0.6 is 0 Å². The molecule has 0 aromatic carbocycles. The average molecular weight is 276 g/mol. The van der Waals surface area contributed by atoms with Crippen molar-refractivity contribution in [1.29, 1.82) is 0 Å². The Morgan fingerprint density at radius 1 is 1.10 bits per heavy atom. The standard InChI is InChI=1S/C15H24N4O/c20-15(17-13-5-2-1-3-6-13)18-11-7-14(8-12-18)19-10-4-9-16-19/h4,9-10,13-14H,1-3,5-8,11-12H2,(H,17,20). The lowest BCUT2D eigenvalue weighted by Gasteiger charge is -2.34. The van der Waals surface area contributed by atoms with Crippen LogP contribution in [0.2, 0.25) is 0 Å². The molecular weight excluding hydrogens is 252 g/mol. The van der Waals surface area contributed by atoms with Crippen molar-refractivity contribution in [2.75, 3.05) is 13.1 Å². The first-order valence-corrected chi connectivity index (χ1v) is 7.87. The van der Waals surface area contributed by atoms with Crippen LogP contribution in [0.15, 0.2) is 18.5 Å². The summed E-state index contributed by atoms with van der Waals surface area (Å²) in [4.78, 5) is 14.2. The Morgan fingerprint density at radius 3 is 2.50 bits per heavy atom. The fourth-order valence-electron chi connectivity index (χ4n) is 3.34. The van der Waals surface area contributed by atoms with E-state index >= 15 is 0 Å². The Labute approximate surface area is 120 Å². The zero-order valence-electron chi connectivity index (χ0n) is 12.0. The number of likely N-dealkylation sites (tertiary alicyclic amines) is 1. The maximum atomic E-state index is 12.3. The molecule has 5 heteroatoms. The zero-order valence-corrected chi connectivity index (χ0v) is 12.0. The Bertz CT molecular complexity index is 417. The van der Waals surface area contributed by atoms with Crippen molar-refractivity contribution in [2.24, 2.45) is 0 Å². The number of hydrogen-bond acceptors (Lipinski definition) is 2. The van der Waals surface area contributed by atoms with Crippen molar-refractivity contribution in [2.45, 2.75) is 57.0 Å². The Hall–Kier alpha value is -1.52. The number of piperidine rings is 1. The third kappa shape index (κ3) is 3.14. The van der Waals surface area contributed by atoms with Gasteiger partial charge in [-0.1, -0.05) is 19.3 Å². The van der Waals surface area contributed by atoms with Gasteiger partial charge in [0.2, 0.25) is 0 Å². The topological polar surface area (TPSA) is 50.2 Å². The number of aromatic nitrogens is 2. The van der Waals surface area contributed by atoms with Gasteiger partial charge < -0.3 is 10.2 Å². The first-order chi connectivity index (χ1) is 9.83. The van der Waals surface area contributed by atoms with Crippen molar-refractivity contribution in [3.8, 4) is 0 Å². The highest BCUT2D eigenvalue weighted by Gasteiger charge is 2.25. The molecule has 0 spiro atoms. The molecular formula is C15H24N4O. The molecule has 20 heavy (non-hydrogen) atoms. The van der Waals surface area contributed by atoms with E-state index in [1.165, 1.54) is 19.3 Å². The summed E-state index contributed by atoms with van der Waals surface area (Å²) in [6, 6.07) is 2.95. The van der Waals surface area contributed by atoms with Crippen molar-refractivity contribution >= 4 is 6.03 Å². The fourth-order valence-corrected chi connectivity index (χ4v) is 3.34. The molecule has 0 bridgehead atoms. The summed E-state index contributed by atoms with van der Waals surface area (Å²) >= 11 is 0. The molecule has 2 heterocycles. The first kappa shape index (κ1) is 13.5. The smallest absolute Gasteiger partial charge is 0.317 e. The van der Waals surface area contributed by atoms with Gasteiger partial charge in [-0.3, -0.25) is 4.68 Å². The second kappa shape index (κ2) is 6.29. The highest BCUT2D eigenvalue weighted by Crippen LogP contribution is 2.22. The Morgan fingerprint density at radius 2 is 1.85 bits per heavy atom. The number of nitrogens with zero attached hydrogens (tertiary/aromatic N) is 3. The summed E-state index contributed by atoms with van der Waals surface area (Å²) in [7, 11) is 0. The van der Waals surface area contributed by atoms with Crippen LogP contribution in [-0.4, -0.2) is 39.8 Å². The summed E-state index contributed by atoms with van der Waals surface area (Å²) < 4.78 is 2.02. The largest absolute Gasteiger partial charge is 0.335 e. The van der Waals surface area contributed by atoms with Gasteiger partial charge in [-0.05, 0) is 31.7 Å². The number of carbonyl (C=O) groups is 1. The van der Waals surface area contributed by atoms with E-state index in [0.29, 0.717) is 12.1 Å². The number of urea groups is 1. The molecule has 1 saturated carbocycles. The van der Waals surface area contributed by atoms with Crippen LogP contribution in [0.4, 0.5) is 4.79 Å². The molecule has 1 aliphatic heterocycles. The lowest BCUT2D eigenvalue weighted by Crippen LogP contribution is -2.48. The van der Waals surface area contributed by atoms with Crippen LogP contribution < -0.4 is 5.32 Å². The van der Waals surface area contributed by atoms with Gasteiger partial charge in [0, 0.05) is 31.5 Å². The second-order valence-corrected chi connectivity index (χ2v) is 5.99. The molecule has 2 amide bonds. The van der Waals surface area contributed by atoms with E-state index in [4.69, 9.17) is 0 Å². The van der Waals surface area contributed by atoms with E-state index in [0.717, 1.165) is 38.8 Å². The first-order valence-electron chi connectivity index (χ1n) is 7.87. The molecule has 1 saturated heterocycles. The number of carbonyl (C=O) groups excluding carboxylic acids is 1. The van der Waals surface area contributed by atoms with Crippen molar-refractivity contribution < 1.29 is 4.79 Å². The van der Waals surface area contributed by atoms with Gasteiger partial charge in [0.25, 0.3) is 0 Å². The summed E-state index contributed by atoms with van der Waals surface area (Å²) in [6.45, 7) is 1.67. The van der Waals surface area contributed by atoms with Crippen LogP contribution in [0.5, 0.6) is 0 Å². The second-order valence-electron chi connectivity index (χ2n) is 5.99. The third-order valence-electron chi connectivity index (χ3n) is 4.58. The highest BCUT2D eigenvalue weighted by atomic mass is 16.2. The van der Waals surface area contributed by atoms with Gasteiger partial charge >= 0.3 is 6.03 Å². The van der Waals surface area contributed by atoms with E-state index in [1.807, 2.05) is 28.0 Å². The average Bonchev–Trinajstić information content (AvgIpc) is 3.03. The third-order valence-corrected chi connectivity index (χ3v) is 4.58. The zero-order chi connectivity index (χ0) is 13.8. The molecule has 110 valence electrons. The molecule has 1 aromatic heterocycles. The lowest BCUT2D eigenvalue weighted by atomic mass is 9.95. The molecule has 2 fully saturated rings. The van der Waals surface area contributed by atoms with E-state index < -0.39 is 0 Å². The summed E-state index contributed by atoms with van der Waals surface area (Å²) in [5.41, 5.74) is 0. The normalized spacial score (nSPS) is 21.9. The number of hydrogen-bond donors (Lipinski definition) is 1. The monoisotopic (exact) mass is 276 g/mol. The van der Waals surface area contributed by atoms with E-state index in [9.17, 15) is 4.79 Å². The van der Waals surface area contributed by atoms with E-state index in [2.05, 4.69) is 10.4 Å². The number of rotatable bonds is 2. The van der Waals surface area contributed by atoms with Gasteiger partial charge in [0.1, 0.15) is 0 Å².